The van der Waals surface area contributed by atoms with Gasteiger partial charge in [0, 0.05) is 0 Å². The number of hydroxylamine groups is 2. The van der Waals surface area contributed by atoms with Crippen molar-refractivity contribution in [1.29, 1.82) is 0 Å². The second-order valence-corrected chi connectivity index (χ2v) is 9.95. The quantitative estimate of drug-likeness (QED) is 0.291. The molecule has 0 aromatic heterocycles. The van der Waals surface area contributed by atoms with Crippen LogP contribution in [0.2, 0.25) is 0 Å². The summed E-state index contributed by atoms with van der Waals surface area (Å²) in [6.45, 7) is 0.0579. The Morgan fingerprint density at radius 3 is 1.94 bits per heavy atom. The van der Waals surface area contributed by atoms with Crippen LogP contribution in [0, 0.1) is 0 Å². The van der Waals surface area contributed by atoms with Crippen molar-refractivity contribution in [2.45, 2.75) is 25.3 Å². The number of carbonyl (C=O) groups is 2. The number of hydrogen-bond donors (Lipinski definition) is 0. The molecule has 9 nitrogen and oxygen atoms in total. The number of nitrogens with zero attached hydrogens (tertiary/aromatic N) is 2. The van der Waals surface area contributed by atoms with E-state index < -0.39 is 31.9 Å². The normalized spacial score (nSPS) is 18.8. The first-order valence-electron chi connectivity index (χ1n) is 11.4. The van der Waals surface area contributed by atoms with Crippen molar-refractivity contribution in [3.05, 3.63) is 107 Å². The van der Waals surface area contributed by atoms with Crippen molar-refractivity contribution in [2.24, 2.45) is 0 Å². The highest BCUT2D eigenvalue weighted by atomic mass is 31.2. The Morgan fingerprint density at radius 1 is 0.861 bits per heavy atom. The van der Waals surface area contributed by atoms with E-state index in [0.29, 0.717) is 11.1 Å². The SMILES string of the molecule is COC(=O)[C@H]1c2ccccc2[C@@H]2CN1C(=O)N2OP(=O)(OCc1ccccc1)OCc1ccccc1. The Morgan fingerprint density at radius 2 is 1.39 bits per heavy atom. The van der Waals surface area contributed by atoms with Gasteiger partial charge in [-0.15, -0.1) is 0 Å². The molecule has 186 valence electrons. The Bertz CT molecular complexity index is 1240. The zero-order valence-corrected chi connectivity index (χ0v) is 20.5. The fourth-order valence-electron chi connectivity index (χ4n) is 4.38. The third kappa shape index (κ3) is 4.79. The number of phosphoric ester groups is 1. The van der Waals surface area contributed by atoms with Gasteiger partial charge in [-0.05, 0) is 22.3 Å². The number of fused-ring (bicyclic) bond motifs is 4. The van der Waals surface area contributed by atoms with Crippen LogP contribution >= 0.6 is 7.82 Å². The maximum atomic E-state index is 13.9. The van der Waals surface area contributed by atoms with Crippen LogP contribution < -0.4 is 0 Å². The summed E-state index contributed by atoms with van der Waals surface area (Å²) >= 11 is 0. The zero-order valence-electron chi connectivity index (χ0n) is 19.6. The smallest absolute Gasteiger partial charge is 0.467 e. The summed E-state index contributed by atoms with van der Waals surface area (Å²) in [7, 11) is -3.01. The van der Waals surface area contributed by atoms with Gasteiger partial charge in [0.1, 0.15) is 6.04 Å². The number of benzene rings is 3. The van der Waals surface area contributed by atoms with Gasteiger partial charge in [0.2, 0.25) is 0 Å². The van der Waals surface area contributed by atoms with E-state index in [1.165, 1.54) is 12.0 Å². The van der Waals surface area contributed by atoms with Crippen molar-refractivity contribution in [2.75, 3.05) is 13.7 Å². The summed E-state index contributed by atoms with van der Waals surface area (Å²) in [5.41, 5.74) is 2.85. The van der Waals surface area contributed by atoms with Gasteiger partial charge in [-0.3, -0.25) is 9.05 Å². The predicted octanol–water partition coefficient (Wildman–Crippen LogP) is 5.17. The molecule has 2 bridgehead atoms. The second kappa shape index (κ2) is 10.2. The molecule has 2 aliphatic heterocycles. The van der Waals surface area contributed by atoms with E-state index >= 15 is 0 Å². The number of esters is 1. The Labute approximate surface area is 208 Å². The Balaban J connectivity index is 1.43. The minimum atomic E-state index is -4.29. The molecule has 5 rings (SSSR count). The van der Waals surface area contributed by atoms with Crippen LogP contribution in [0.5, 0.6) is 0 Å². The number of amides is 2. The molecular formula is C26H25N2O7P. The van der Waals surface area contributed by atoms with Gasteiger partial charge in [-0.1, -0.05) is 84.9 Å². The molecule has 1 fully saturated rings. The third-order valence-corrected chi connectivity index (χ3v) is 7.39. The third-order valence-electron chi connectivity index (χ3n) is 6.12. The molecule has 0 N–H and O–H groups in total. The fraction of sp³-hybridized carbons (Fsp3) is 0.231. The van der Waals surface area contributed by atoms with Crippen LogP contribution in [-0.4, -0.2) is 35.6 Å². The molecule has 3 aromatic carbocycles. The molecule has 2 atom stereocenters. The van der Waals surface area contributed by atoms with Gasteiger partial charge in [-0.25, -0.2) is 14.2 Å². The lowest BCUT2D eigenvalue weighted by atomic mass is 9.91. The maximum absolute atomic E-state index is 13.9. The van der Waals surface area contributed by atoms with E-state index in [0.717, 1.165) is 16.2 Å². The number of rotatable bonds is 9. The predicted molar refractivity (Wildman–Crippen MR) is 129 cm³/mol. The number of hydrogen-bond acceptors (Lipinski definition) is 7. The first-order chi connectivity index (χ1) is 17.5. The van der Waals surface area contributed by atoms with Crippen LogP contribution in [0.25, 0.3) is 0 Å². The van der Waals surface area contributed by atoms with Gasteiger partial charge in [0.05, 0.1) is 26.9 Å². The number of ether oxygens (including phenoxy) is 1. The highest BCUT2D eigenvalue weighted by Crippen LogP contribution is 2.55. The fourth-order valence-corrected chi connectivity index (χ4v) is 5.56. The molecule has 2 amide bonds. The average Bonchev–Trinajstić information content (AvgIpc) is 3.19. The van der Waals surface area contributed by atoms with Crippen molar-refractivity contribution in [3.8, 4) is 0 Å². The summed E-state index contributed by atoms with van der Waals surface area (Å²) in [5, 5.41) is 0.999. The van der Waals surface area contributed by atoms with E-state index in [2.05, 4.69) is 0 Å². The number of phosphoric acid groups is 1. The highest BCUT2D eigenvalue weighted by Gasteiger charge is 2.53. The number of methoxy groups -OCH3 is 1. The minimum Gasteiger partial charge on any atom is -0.467 e. The summed E-state index contributed by atoms with van der Waals surface area (Å²) in [6, 6.07) is 23.3. The van der Waals surface area contributed by atoms with E-state index in [9.17, 15) is 14.2 Å². The molecule has 0 radical (unpaired) electrons. The van der Waals surface area contributed by atoms with Crippen molar-refractivity contribution < 1.29 is 32.6 Å². The van der Waals surface area contributed by atoms with Crippen molar-refractivity contribution >= 4 is 19.8 Å². The Hall–Kier alpha value is -3.49. The van der Waals surface area contributed by atoms with Crippen LogP contribution in [0.15, 0.2) is 84.9 Å². The maximum Gasteiger partial charge on any atom is 0.497 e. The van der Waals surface area contributed by atoms with Crippen LogP contribution in [0.3, 0.4) is 0 Å². The summed E-state index contributed by atoms with van der Waals surface area (Å²) < 4.78 is 36.0. The van der Waals surface area contributed by atoms with Crippen LogP contribution in [-0.2, 0) is 41.0 Å². The molecule has 36 heavy (non-hydrogen) atoms. The van der Waals surface area contributed by atoms with Gasteiger partial charge < -0.3 is 9.64 Å². The van der Waals surface area contributed by atoms with E-state index in [1.807, 2.05) is 66.7 Å². The molecule has 0 spiro atoms. The molecule has 2 heterocycles. The molecule has 0 saturated carbocycles. The molecule has 3 aromatic rings. The highest BCUT2D eigenvalue weighted by molar-refractivity contribution is 7.48. The van der Waals surface area contributed by atoms with E-state index in [-0.39, 0.29) is 19.8 Å². The average molecular weight is 508 g/mol. The first-order valence-corrected chi connectivity index (χ1v) is 12.9. The van der Waals surface area contributed by atoms with E-state index in [4.69, 9.17) is 18.4 Å². The standard InChI is InChI=1S/C26H25N2O7P/c1-32-25(29)24-22-15-9-8-14-21(22)23-16-27(24)26(30)28(23)35-36(31,33-17-19-10-4-2-5-11-19)34-18-20-12-6-3-7-13-20/h2-15,23-24H,16-18H2,1H3/t23-,24+/m0/s1. The lowest BCUT2D eigenvalue weighted by Crippen LogP contribution is -2.39. The van der Waals surface area contributed by atoms with Gasteiger partial charge in [-0.2, -0.15) is 9.69 Å². The number of urea groups is 1. The first kappa shape index (κ1) is 24.2. The van der Waals surface area contributed by atoms with Gasteiger partial charge >= 0.3 is 19.8 Å². The molecule has 1 saturated heterocycles. The lowest BCUT2D eigenvalue weighted by Gasteiger charge is -2.31. The largest absolute Gasteiger partial charge is 0.497 e. The summed E-state index contributed by atoms with van der Waals surface area (Å²) in [6.07, 6.45) is 0. The molecule has 2 aliphatic rings. The van der Waals surface area contributed by atoms with Gasteiger partial charge in [0.15, 0.2) is 6.04 Å². The monoisotopic (exact) mass is 508 g/mol. The van der Waals surface area contributed by atoms with Crippen molar-refractivity contribution in [1.82, 2.24) is 9.96 Å². The summed E-state index contributed by atoms with van der Waals surface area (Å²) in [5.74, 6) is -0.570. The van der Waals surface area contributed by atoms with E-state index in [1.54, 1.807) is 18.2 Å². The molecule has 10 heteroatoms. The Kier molecular flexibility index (Phi) is 6.89. The second-order valence-electron chi connectivity index (χ2n) is 8.38. The lowest BCUT2D eigenvalue weighted by molar-refractivity contribution is -0.146. The topological polar surface area (TPSA) is 94.6 Å². The van der Waals surface area contributed by atoms with Crippen LogP contribution in [0.1, 0.15) is 34.3 Å². The number of carbonyl (C=O) groups excluding carboxylic acids is 2. The summed E-state index contributed by atoms with van der Waals surface area (Å²) in [4.78, 5) is 27.3. The van der Waals surface area contributed by atoms with Crippen LogP contribution in [0.4, 0.5) is 4.79 Å². The van der Waals surface area contributed by atoms with Gasteiger partial charge in [0.25, 0.3) is 0 Å². The minimum absolute atomic E-state index is 0.0509. The van der Waals surface area contributed by atoms with Crippen molar-refractivity contribution in [3.63, 3.8) is 0 Å². The zero-order chi connectivity index (χ0) is 25.1. The molecular weight excluding hydrogens is 483 g/mol. The molecule has 0 unspecified atom stereocenters. The molecule has 0 aliphatic carbocycles.